The molecule has 0 radical (unpaired) electrons. The number of hydrogen-bond acceptors (Lipinski definition) is 4. The molecule has 19 heavy (non-hydrogen) atoms. The smallest absolute Gasteiger partial charge is 0.200 e. The number of fused-ring (bicyclic) bond motifs is 1. The van der Waals surface area contributed by atoms with Gasteiger partial charge in [0.2, 0.25) is 9.84 Å². The Labute approximate surface area is 111 Å². The first-order valence-electron chi connectivity index (χ1n) is 5.68. The minimum absolute atomic E-state index is 0.313. The predicted molar refractivity (Wildman–Crippen MR) is 72.4 cm³/mol. The third-order valence-corrected chi connectivity index (χ3v) is 4.50. The van der Waals surface area contributed by atoms with E-state index < -0.39 is 9.84 Å². The molecule has 0 saturated carbocycles. The summed E-state index contributed by atoms with van der Waals surface area (Å²) in [6.07, 6.45) is 3.11. The molecule has 1 aliphatic rings. The van der Waals surface area contributed by atoms with Crippen molar-refractivity contribution in [3.05, 3.63) is 47.5 Å². The molecule has 0 fully saturated rings. The lowest BCUT2D eigenvalue weighted by atomic mass is 10.1. The van der Waals surface area contributed by atoms with Crippen molar-refractivity contribution >= 4 is 15.9 Å². The molecule has 0 unspecified atom stereocenters. The largest absolute Gasteiger partial charge is 0.497 e. The van der Waals surface area contributed by atoms with Crippen LogP contribution < -0.4 is 4.74 Å². The number of nitrogens with zero attached hydrogens (tertiary/aromatic N) is 1. The zero-order valence-corrected chi connectivity index (χ0v) is 11.0. The lowest BCUT2D eigenvalue weighted by molar-refractivity contribution is 0.415. The van der Waals surface area contributed by atoms with Crippen LogP contribution in [0.25, 0.3) is 17.3 Å². The summed E-state index contributed by atoms with van der Waals surface area (Å²) in [5.74, 6) is 0.750. The molecule has 0 spiro atoms. The van der Waals surface area contributed by atoms with Gasteiger partial charge in [-0.1, -0.05) is 0 Å². The summed E-state index contributed by atoms with van der Waals surface area (Å²) < 4.78 is 28.7. The minimum atomic E-state index is -3.29. The van der Waals surface area contributed by atoms with E-state index in [0.717, 1.165) is 11.3 Å². The summed E-state index contributed by atoms with van der Waals surface area (Å²) in [6, 6.07) is 8.89. The number of hydrogen-bond donors (Lipinski definition) is 0. The first kappa shape index (κ1) is 11.9. The van der Waals surface area contributed by atoms with Crippen LogP contribution in [0.5, 0.6) is 5.75 Å². The molecule has 0 bridgehead atoms. The molecule has 0 atom stereocenters. The third kappa shape index (κ3) is 1.92. The maximum absolute atomic E-state index is 11.8. The van der Waals surface area contributed by atoms with E-state index in [1.807, 2.05) is 24.3 Å². The maximum atomic E-state index is 11.8. The van der Waals surface area contributed by atoms with Crippen LogP contribution in [-0.2, 0) is 9.84 Å². The quantitative estimate of drug-likeness (QED) is 0.843. The Morgan fingerprint density at radius 1 is 1.11 bits per heavy atom. The molecule has 1 aromatic carbocycles. The Morgan fingerprint density at radius 2 is 1.84 bits per heavy atom. The van der Waals surface area contributed by atoms with Crippen molar-refractivity contribution < 1.29 is 13.2 Å². The normalized spacial score (nSPS) is 15.2. The monoisotopic (exact) mass is 273 g/mol. The molecule has 1 aliphatic heterocycles. The standard InChI is InChI=1S/C14H11NO3S/c1-18-11-4-2-10(3-5-11)14-12-7-9-19(16,17)13(12)6-8-15-14/h2-9H,1H3. The van der Waals surface area contributed by atoms with Crippen molar-refractivity contribution in [2.45, 2.75) is 4.90 Å². The highest BCUT2D eigenvalue weighted by Crippen LogP contribution is 2.33. The molecule has 3 rings (SSSR count). The van der Waals surface area contributed by atoms with Crippen molar-refractivity contribution in [1.29, 1.82) is 0 Å². The molecule has 0 amide bonds. The van der Waals surface area contributed by atoms with Crippen LogP contribution >= 0.6 is 0 Å². The SMILES string of the molecule is COc1ccc(-c2nccc3c2C=CS3(=O)=O)cc1. The van der Waals surface area contributed by atoms with Crippen LogP contribution in [-0.4, -0.2) is 20.5 Å². The van der Waals surface area contributed by atoms with E-state index >= 15 is 0 Å². The Kier molecular flexibility index (Phi) is 2.64. The van der Waals surface area contributed by atoms with Gasteiger partial charge in [-0.05, 0) is 36.4 Å². The van der Waals surface area contributed by atoms with Crippen LogP contribution in [0, 0.1) is 0 Å². The van der Waals surface area contributed by atoms with Gasteiger partial charge in [0.05, 0.1) is 17.7 Å². The number of benzene rings is 1. The number of sulfone groups is 1. The number of methoxy groups -OCH3 is 1. The van der Waals surface area contributed by atoms with Gasteiger partial charge in [0.15, 0.2) is 0 Å². The van der Waals surface area contributed by atoms with E-state index in [2.05, 4.69) is 4.98 Å². The molecule has 0 saturated heterocycles. The highest BCUT2D eigenvalue weighted by atomic mass is 32.2. The zero-order chi connectivity index (χ0) is 13.5. The summed E-state index contributed by atoms with van der Waals surface area (Å²) in [5.41, 5.74) is 2.17. The van der Waals surface area contributed by atoms with E-state index in [1.54, 1.807) is 13.2 Å². The summed E-state index contributed by atoms with van der Waals surface area (Å²) in [7, 11) is -1.69. The Morgan fingerprint density at radius 3 is 2.53 bits per heavy atom. The van der Waals surface area contributed by atoms with Gasteiger partial charge in [-0.15, -0.1) is 0 Å². The van der Waals surface area contributed by atoms with Crippen LogP contribution in [0.15, 0.2) is 46.8 Å². The van der Waals surface area contributed by atoms with Gasteiger partial charge in [-0.25, -0.2) is 8.42 Å². The van der Waals surface area contributed by atoms with Gasteiger partial charge in [0, 0.05) is 22.7 Å². The molecule has 2 aromatic rings. The fraction of sp³-hybridized carbons (Fsp3) is 0.0714. The average molecular weight is 273 g/mol. The van der Waals surface area contributed by atoms with E-state index in [4.69, 9.17) is 4.74 Å². The number of aromatic nitrogens is 1. The Hall–Kier alpha value is -2.14. The van der Waals surface area contributed by atoms with Gasteiger partial charge in [0.1, 0.15) is 5.75 Å². The number of pyridine rings is 1. The minimum Gasteiger partial charge on any atom is -0.497 e. The first-order chi connectivity index (χ1) is 9.12. The van der Waals surface area contributed by atoms with Crippen molar-refractivity contribution in [1.82, 2.24) is 4.98 Å². The van der Waals surface area contributed by atoms with Gasteiger partial charge < -0.3 is 4.74 Å². The summed E-state index contributed by atoms with van der Waals surface area (Å²) in [6.45, 7) is 0. The highest BCUT2D eigenvalue weighted by molar-refractivity contribution is 7.94. The molecular formula is C14H11NO3S. The van der Waals surface area contributed by atoms with Crippen LogP contribution in [0.2, 0.25) is 0 Å². The van der Waals surface area contributed by atoms with E-state index in [0.29, 0.717) is 16.2 Å². The van der Waals surface area contributed by atoms with Gasteiger partial charge in [0.25, 0.3) is 0 Å². The van der Waals surface area contributed by atoms with E-state index in [-0.39, 0.29) is 0 Å². The lowest BCUT2D eigenvalue weighted by Crippen LogP contribution is -1.96. The van der Waals surface area contributed by atoms with Crippen molar-refractivity contribution in [2.75, 3.05) is 7.11 Å². The molecule has 4 nitrogen and oxygen atoms in total. The summed E-state index contributed by atoms with van der Waals surface area (Å²) in [5, 5.41) is 1.21. The fourth-order valence-corrected chi connectivity index (χ4v) is 3.26. The Balaban J connectivity index is 2.17. The molecule has 5 heteroatoms. The average Bonchev–Trinajstić information content (AvgIpc) is 2.75. The summed E-state index contributed by atoms with van der Waals surface area (Å²) >= 11 is 0. The van der Waals surface area contributed by atoms with Crippen LogP contribution in [0.3, 0.4) is 0 Å². The molecule has 0 aliphatic carbocycles. The van der Waals surface area contributed by atoms with Crippen molar-refractivity contribution in [3.63, 3.8) is 0 Å². The van der Waals surface area contributed by atoms with Crippen molar-refractivity contribution in [3.8, 4) is 17.0 Å². The zero-order valence-electron chi connectivity index (χ0n) is 10.2. The predicted octanol–water partition coefficient (Wildman–Crippen LogP) is 2.52. The number of rotatable bonds is 2. The second-order valence-electron chi connectivity index (χ2n) is 4.15. The molecule has 2 heterocycles. The van der Waals surface area contributed by atoms with Gasteiger partial charge >= 0.3 is 0 Å². The van der Waals surface area contributed by atoms with Gasteiger partial charge in [-0.3, -0.25) is 4.98 Å². The third-order valence-electron chi connectivity index (χ3n) is 3.03. The fourth-order valence-electron chi connectivity index (χ4n) is 2.07. The second-order valence-corrected chi connectivity index (χ2v) is 5.95. The lowest BCUT2D eigenvalue weighted by Gasteiger charge is -2.07. The van der Waals surface area contributed by atoms with Gasteiger partial charge in [-0.2, -0.15) is 0 Å². The first-order valence-corrected chi connectivity index (χ1v) is 7.23. The van der Waals surface area contributed by atoms with Crippen LogP contribution in [0.1, 0.15) is 5.56 Å². The van der Waals surface area contributed by atoms with Crippen molar-refractivity contribution in [2.24, 2.45) is 0 Å². The van der Waals surface area contributed by atoms with E-state index in [1.165, 1.54) is 17.7 Å². The molecule has 96 valence electrons. The van der Waals surface area contributed by atoms with E-state index in [9.17, 15) is 8.42 Å². The summed E-state index contributed by atoms with van der Waals surface area (Å²) in [4.78, 5) is 4.60. The number of ether oxygens (including phenoxy) is 1. The molecule has 1 aromatic heterocycles. The molecule has 0 N–H and O–H groups in total. The molecular weight excluding hydrogens is 262 g/mol. The van der Waals surface area contributed by atoms with Crippen LogP contribution in [0.4, 0.5) is 0 Å². The second kappa shape index (κ2) is 4.20. The topological polar surface area (TPSA) is 56.3 Å². The maximum Gasteiger partial charge on any atom is 0.200 e. The Bertz CT molecular complexity index is 762. The highest BCUT2D eigenvalue weighted by Gasteiger charge is 2.23.